The van der Waals surface area contributed by atoms with Gasteiger partial charge in [0.15, 0.2) is 0 Å². The van der Waals surface area contributed by atoms with Crippen molar-refractivity contribution in [3.8, 4) is 39.1 Å². The summed E-state index contributed by atoms with van der Waals surface area (Å²) in [5.41, 5.74) is 12.6. The molecule has 13 aromatic rings. The molecule has 2 heteroatoms. The zero-order valence-electron chi connectivity index (χ0n) is 32.6. The van der Waals surface area contributed by atoms with Gasteiger partial charge in [0.1, 0.15) is 11.2 Å². The number of nitrogens with zero attached hydrogens (tertiary/aromatic N) is 1. The third kappa shape index (κ3) is 4.64. The summed E-state index contributed by atoms with van der Waals surface area (Å²) in [6.07, 6.45) is 0. The highest BCUT2D eigenvalue weighted by Gasteiger charge is 2.23. The van der Waals surface area contributed by atoms with Gasteiger partial charge in [-0.05, 0) is 96.0 Å². The Morgan fingerprint density at radius 1 is 0.283 bits per heavy atom. The minimum Gasteiger partial charge on any atom is -0.456 e. The number of benzene rings is 11. The fourth-order valence-electron chi connectivity index (χ4n) is 10.3. The van der Waals surface area contributed by atoms with Crippen LogP contribution < -0.4 is 0 Å². The summed E-state index contributed by atoms with van der Waals surface area (Å²) in [6, 6.07) is 77.3. The highest BCUT2D eigenvalue weighted by Crippen LogP contribution is 2.49. The van der Waals surface area contributed by atoms with E-state index in [0.29, 0.717) is 0 Å². The van der Waals surface area contributed by atoms with Gasteiger partial charge in [-0.1, -0.05) is 182 Å². The van der Waals surface area contributed by atoms with E-state index in [2.05, 4.69) is 217 Å². The van der Waals surface area contributed by atoms with Crippen molar-refractivity contribution in [2.24, 2.45) is 0 Å². The standard InChI is InChI=1S/C58H35NO/c1-2-17-36(18-3-1)54-40-21-4-6-23-42(40)55(43-24-7-5-22-41(43)54)37-33-34-48-53(35-37)60-52-32-16-29-49(57(48)52)56-44-25-8-10-27-46(44)58(47-28-11-9-26-45(47)56)59-50-30-14-12-19-38(50)39-20-13-15-31-51(39)59/h1-35H. The minimum atomic E-state index is 0.880. The van der Waals surface area contributed by atoms with Gasteiger partial charge >= 0.3 is 0 Å². The molecule has 60 heavy (non-hydrogen) atoms. The first-order chi connectivity index (χ1) is 29.8. The fourth-order valence-corrected chi connectivity index (χ4v) is 10.3. The molecule has 0 radical (unpaired) electrons. The van der Waals surface area contributed by atoms with E-state index in [1.165, 1.54) is 98.4 Å². The van der Waals surface area contributed by atoms with E-state index in [1.54, 1.807) is 0 Å². The SMILES string of the molecule is c1ccc(-c2c3ccccc3c(-c3ccc4c(c3)oc3cccc(-c5c6ccccc6c(-n6c7ccccc7c7ccccc76)c6ccccc56)c34)c3ccccc23)cc1. The number of aromatic nitrogens is 1. The molecule has 13 rings (SSSR count). The normalized spacial score (nSPS) is 12.0. The predicted octanol–water partition coefficient (Wildman–Crippen LogP) is 16.3. The smallest absolute Gasteiger partial charge is 0.136 e. The number of furan rings is 1. The van der Waals surface area contributed by atoms with Gasteiger partial charge in [0, 0.05) is 32.3 Å². The third-order valence-electron chi connectivity index (χ3n) is 12.8. The zero-order valence-corrected chi connectivity index (χ0v) is 32.6. The van der Waals surface area contributed by atoms with Crippen LogP contribution in [0, 0.1) is 0 Å². The summed E-state index contributed by atoms with van der Waals surface area (Å²) in [4.78, 5) is 0. The first-order valence-electron chi connectivity index (χ1n) is 20.7. The summed E-state index contributed by atoms with van der Waals surface area (Å²) < 4.78 is 9.37. The molecule has 11 aromatic carbocycles. The molecule has 0 bridgehead atoms. The molecular weight excluding hydrogens is 727 g/mol. The number of hydrogen-bond acceptors (Lipinski definition) is 1. The molecule has 0 saturated carbocycles. The van der Waals surface area contributed by atoms with Gasteiger partial charge in [-0.2, -0.15) is 0 Å². The Kier molecular flexibility index (Phi) is 7.05. The molecule has 0 saturated heterocycles. The van der Waals surface area contributed by atoms with Crippen LogP contribution in [-0.4, -0.2) is 4.57 Å². The lowest BCUT2D eigenvalue weighted by atomic mass is 9.85. The maximum Gasteiger partial charge on any atom is 0.136 e. The van der Waals surface area contributed by atoms with Crippen LogP contribution in [0.15, 0.2) is 217 Å². The van der Waals surface area contributed by atoms with E-state index < -0.39 is 0 Å². The van der Waals surface area contributed by atoms with Crippen molar-refractivity contribution in [3.63, 3.8) is 0 Å². The molecule has 0 N–H and O–H groups in total. The maximum atomic E-state index is 6.89. The second kappa shape index (κ2) is 12.8. The van der Waals surface area contributed by atoms with Crippen LogP contribution in [0.4, 0.5) is 0 Å². The highest BCUT2D eigenvalue weighted by molar-refractivity contribution is 6.26. The van der Waals surface area contributed by atoms with Crippen molar-refractivity contribution in [1.82, 2.24) is 4.57 Å². The second-order valence-electron chi connectivity index (χ2n) is 15.9. The van der Waals surface area contributed by atoms with E-state index in [9.17, 15) is 0 Å². The first-order valence-corrected chi connectivity index (χ1v) is 20.7. The lowest BCUT2D eigenvalue weighted by molar-refractivity contribution is 0.669. The molecule has 0 aliphatic heterocycles. The van der Waals surface area contributed by atoms with Crippen molar-refractivity contribution in [3.05, 3.63) is 212 Å². The molecule has 0 atom stereocenters. The van der Waals surface area contributed by atoms with Crippen molar-refractivity contribution in [2.45, 2.75) is 0 Å². The minimum absolute atomic E-state index is 0.880. The molecule has 0 spiro atoms. The summed E-state index contributed by atoms with van der Waals surface area (Å²) in [5, 5.41) is 14.5. The van der Waals surface area contributed by atoms with Gasteiger partial charge in [-0.3, -0.25) is 0 Å². The van der Waals surface area contributed by atoms with Crippen LogP contribution >= 0.6 is 0 Å². The van der Waals surface area contributed by atoms with Gasteiger partial charge < -0.3 is 8.98 Å². The van der Waals surface area contributed by atoms with Gasteiger partial charge in [-0.25, -0.2) is 0 Å². The van der Waals surface area contributed by atoms with Crippen molar-refractivity contribution in [2.75, 3.05) is 0 Å². The molecule has 0 unspecified atom stereocenters. The van der Waals surface area contributed by atoms with Crippen molar-refractivity contribution < 1.29 is 4.42 Å². The van der Waals surface area contributed by atoms with Gasteiger partial charge in [-0.15, -0.1) is 0 Å². The Morgan fingerprint density at radius 2 is 0.733 bits per heavy atom. The molecular formula is C58H35NO. The summed E-state index contributed by atoms with van der Waals surface area (Å²) in [7, 11) is 0. The van der Waals surface area contributed by atoms with E-state index in [1.807, 2.05) is 0 Å². The van der Waals surface area contributed by atoms with Crippen molar-refractivity contribution >= 4 is 86.8 Å². The molecule has 2 heterocycles. The lowest BCUT2D eigenvalue weighted by Crippen LogP contribution is -1.99. The molecule has 2 aromatic heterocycles. The molecule has 0 fully saturated rings. The van der Waals surface area contributed by atoms with Gasteiger partial charge in [0.2, 0.25) is 0 Å². The van der Waals surface area contributed by atoms with Crippen LogP contribution in [0.3, 0.4) is 0 Å². The van der Waals surface area contributed by atoms with Gasteiger partial charge in [0.05, 0.1) is 16.7 Å². The monoisotopic (exact) mass is 761 g/mol. The van der Waals surface area contributed by atoms with Gasteiger partial charge in [0.25, 0.3) is 0 Å². The Bertz CT molecular complexity index is 3720. The molecule has 0 aliphatic carbocycles. The molecule has 0 amide bonds. The third-order valence-corrected chi connectivity index (χ3v) is 12.8. The average Bonchev–Trinajstić information content (AvgIpc) is 3.86. The molecule has 0 aliphatic rings. The number of hydrogen-bond donors (Lipinski definition) is 0. The first kappa shape index (κ1) is 33.1. The Balaban J connectivity index is 1.08. The van der Waals surface area contributed by atoms with E-state index in [0.717, 1.165) is 27.5 Å². The van der Waals surface area contributed by atoms with Crippen LogP contribution in [0.1, 0.15) is 0 Å². The Labute approximate surface area is 345 Å². The van der Waals surface area contributed by atoms with Crippen molar-refractivity contribution in [1.29, 1.82) is 0 Å². The predicted molar refractivity (Wildman–Crippen MR) is 254 cm³/mol. The lowest BCUT2D eigenvalue weighted by Gasteiger charge is -2.20. The average molecular weight is 762 g/mol. The maximum absolute atomic E-state index is 6.89. The Hall–Kier alpha value is -7.94. The number of rotatable bonds is 4. The van der Waals surface area contributed by atoms with E-state index in [4.69, 9.17) is 4.42 Å². The zero-order chi connectivity index (χ0) is 39.3. The van der Waals surface area contributed by atoms with Crippen LogP contribution in [0.2, 0.25) is 0 Å². The molecule has 278 valence electrons. The molecule has 2 nitrogen and oxygen atoms in total. The number of para-hydroxylation sites is 2. The quantitative estimate of drug-likeness (QED) is 0.163. The largest absolute Gasteiger partial charge is 0.456 e. The number of fused-ring (bicyclic) bond motifs is 10. The Morgan fingerprint density at radius 3 is 1.28 bits per heavy atom. The van der Waals surface area contributed by atoms with Crippen LogP contribution in [-0.2, 0) is 0 Å². The summed E-state index contributed by atoms with van der Waals surface area (Å²) in [5.74, 6) is 0. The summed E-state index contributed by atoms with van der Waals surface area (Å²) in [6.45, 7) is 0. The second-order valence-corrected chi connectivity index (χ2v) is 15.9. The summed E-state index contributed by atoms with van der Waals surface area (Å²) >= 11 is 0. The van der Waals surface area contributed by atoms with E-state index >= 15 is 0 Å². The van der Waals surface area contributed by atoms with E-state index in [-0.39, 0.29) is 0 Å². The highest BCUT2D eigenvalue weighted by atomic mass is 16.3. The van der Waals surface area contributed by atoms with Crippen LogP contribution in [0.25, 0.3) is 126 Å². The topological polar surface area (TPSA) is 18.1 Å². The fraction of sp³-hybridized carbons (Fsp3) is 0. The van der Waals surface area contributed by atoms with Crippen LogP contribution in [0.5, 0.6) is 0 Å².